The van der Waals surface area contributed by atoms with Crippen molar-refractivity contribution >= 4 is 5.91 Å². The molecule has 1 heterocycles. The van der Waals surface area contributed by atoms with E-state index in [1.165, 1.54) is 5.56 Å². The van der Waals surface area contributed by atoms with Crippen LogP contribution in [-0.4, -0.2) is 22.6 Å². The number of amides is 1. The van der Waals surface area contributed by atoms with Crippen LogP contribution in [0.3, 0.4) is 0 Å². The van der Waals surface area contributed by atoms with Crippen molar-refractivity contribution in [2.24, 2.45) is 0 Å². The molecule has 0 fully saturated rings. The molecular weight excluding hydrogens is 242 g/mol. The van der Waals surface area contributed by atoms with Gasteiger partial charge in [0.2, 0.25) is 17.6 Å². The Balaban J connectivity index is 1.95. The molecule has 0 saturated carbocycles. The second kappa shape index (κ2) is 6.13. The number of rotatable bonds is 5. The van der Waals surface area contributed by atoms with E-state index < -0.39 is 0 Å². The highest BCUT2D eigenvalue weighted by molar-refractivity contribution is 5.75. The van der Waals surface area contributed by atoms with Crippen LogP contribution in [0.1, 0.15) is 24.8 Å². The standard InChI is InChI=1S/C14H17N3O2/c1-3-12(18)15-9-8-13-16-14(17-19-13)11-6-4-10(2)5-7-11/h4-7H,3,8-9H2,1-2H3,(H,15,18). The molecule has 0 spiro atoms. The molecule has 1 N–H and O–H groups in total. The minimum absolute atomic E-state index is 0.0262. The molecule has 0 unspecified atom stereocenters. The third-order valence-corrected chi connectivity index (χ3v) is 2.76. The van der Waals surface area contributed by atoms with Gasteiger partial charge in [-0.1, -0.05) is 41.9 Å². The lowest BCUT2D eigenvalue weighted by Gasteiger charge is -1.99. The van der Waals surface area contributed by atoms with Crippen LogP contribution in [0.15, 0.2) is 28.8 Å². The Kier molecular flexibility index (Phi) is 4.28. The Morgan fingerprint density at radius 2 is 2.05 bits per heavy atom. The van der Waals surface area contributed by atoms with Crippen LogP contribution in [0, 0.1) is 6.92 Å². The van der Waals surface area contributed by atoms with Gasteiger partial charge in [0.05, 0.1) is 0 Å². The minimum atomic E-state index is 0.0262. The van der Waals surface area contributed by atoms with Crippen LogP contribution in [-0.2, 0) is 11.2 Å². The lowest BCUT2D eigenvalue weighted by Crippen LogP contribution is -2.24. The van der Waals surface area contributed by atoms with Gasteiger partial charge in [-0.15, -0.1) is 0 Å². The summed E-state index contributed by atoms with van der Waals surface area (Å²) in [5, 5.41) is 6.71. The molecule has 2 rings (SSSR count). The first kappa shape index (κ1) is 13.3. The Labute approximate surface area is 112 Å². The molecule has 0 bridgehead atoms. The van der Waals surface area contributed by atoms with E-state index in [0.717, 1.165) is 5.56 Å². The summed E-state index contributed by atoms with van der Waals surface area (Å²) >= 11 is 0. The fourth-order valence-electron chi connectivity index (χ4n) is 1.61. The van der Waals surface area contributed by atoms with Crippen molar-refractivity contribution < 1.29 is 9.32 Å². The summed E-state index contributed by atoms with van der Waals surface area (Å²) in [7, 11) is 0. The van der Waals surface area contributed by atoms with Gasteiger partial charge >= 0.3 is 0 Å². The number of aromatic nitrogens is 2. The van der Waals surface area contributed by atoms with Gasteiger partial charge in [0, 0.05) is 24.9 Å². The zero-order valence-corrected chi connectivity index (χ0v) is 11.1. The summed E-state index contributed by atoms with van der Waals surface area (Å²) in [4.78, 5) is 15.4. The maximum atomic E-state index is 11.1. The van der Waals surface area contributed by atoms with Crippen LogP contribution < -0.4 is 5.32 Å². The smallest absolute Gasteiger partial charge is 0.228 e. The quantitative estimate of drug-likeness (QED) is 0.893. The van der Waals surface area contributed by atoms with E-state index in [1.54, 1.807) is 0 Å². The number of carbonyl (C=O) groups excluding carboxylic acids is 1. The summed E-state index contributed by atoms with van der Waals surface area (Å²) in [5.74, 6) is 1.14. The number of hydrogen-bond acceptors (Lipinski definition) is 4. The minimum Gasteiger partial charge on any atom is -0.356 e. The molecule has 2 aromatic rings. The van der Waals surface area contributed by atoms with Gasteiger partial charge in [-0.3, -0.25) is 4.79 Å². The molecule has 19 heavy (non-hydrogen) atoms. The first-order valence-electron chi connectivity index (χ1n) is 6.35. The van der Waals surface area contributed by atoms with E-state index in [9.17, 15) is 4.79 Å². The molecule has 0 aliphatic rings. The fourth-order valence-corrected chi connectivity index (χ4v) is 1.61. The molecule has 0 saturated heterocycles. The van der Waals surface area contributed by atoms with Crippen molar-refractivity contribution in [3.8, 4) is 11.4 Å². The highest BCUT2D eigenvalue weighted by Gasteiger charge is 2.08. The van der Waals surface area contributed by atoms with Gasteiger partial charge in [0.15, 0.2) is 0 Å². The molecule has 5 nitrogen and oxygen atoms in total. The van der Waals surface area contributed by atoms with Crippen molar-refractivity contribution in [3.05, 3.63) is 35.7 Å². The van der Waals surface area contributed by atoms with Crippen LogP contribution in [0.5, 0.6) is 0 Å². The van der Waals surface area contributed by atoms with Crippen LogP contribution in [0.4, 0.5) is 0 Å². The number of hydrogen-bond donors (Lipinski definition) is 1. The second-order valence-electron chi connectivity index (χ2n) is 4.33. The molecule has 0 atom stereocenters. The zero-order chi connectivity index (χ0) is 13.7. The average molecular weight is 259 g/mol. The predicted molar refractivity (Wildman–Crippen MR) is 71.5 cm³/mol. The first-order chi connectivity index (χ1) is 9.19. The van der Waals surface area contributed by atoms with Gasteiger partial charge in [-0.2, -0.15) is 4.98 Å². The van der Waals surface area contributed by atoms with Gasteiger partial charge in [-0.25, -0.2) is 0 Å². The summed E-state index contributed by atoms with van der Waals surface area (Å²) in [6.07, 6.45) is 1.03. The summed E-state index contributed by atoms with van der Waals surface area (Å²) < 4.78 is 5.15. The van der Waals surface area contributed by atoms with E-state index in [4.69, 9.17) is 4.52 Å². The van der Waals surface area contributed by atoms with Crippen LogP contribution in [0.25, 0.3) is 11.4 Å². The van der Waals surface area contributed by atoms with E-state index >= 15 is 0 Å². The third kappa shape index (κ3) is 3.64. The second-order valence-corrected chi connectivity index (χ2v) is 4.33. The maximum Gasteiger partial charge on any atom is 0.228 e. The molecule has 5 heteroatoms. The maximum absolute atomic E-state index is 11.1. The van der Waals surface area contributed by atoms with Gasteiger partial charge in [0.25, 0.3) is 0 Å². The van der Waals surface area contributed by atoms with Gasteiger partial charge < -0.3 is 9.84 Å². The Morgan fingerprint density at radius 1 is 1.32 bits per heavy atom. The topological polar surface area (TPSA) is 68.0 Å². The summed E-state index contributed by atoms with van der Waals surface area (Å²) in [6, 6.07) is 7.94. The van der Waals surface area contributed by atoms with Crippen LogP contribution in [0.2, 0.25) is 0 Å². The van der Waals surface area contributed by atoms with Crippen molar-refractivity contribution in [1.82, 2.24) is 15.5 Å². The molecule has 1 aromatic carbocycles. The Morgan fingerprint density at radius 3 is 2.74 bits per heavy atom. The lowest BCUT2D eigenvalue weighted by molar-refractivity contribution is -0.120. The highest BCUT2D eigenvalue weighted by Crippen LogP contribution is 2.16. The Bertz CT molecular complexity index is 546. The van der Waals surface area contributed by atoms with Gasteiger partial charge in [-0.05, 0) is 6.92 Å². The first-order valence-corrected chi connectivity index (χ1v) is 6.35. The van der Waals surface area contributed by atoms with Gasteiger partial charge in [0.1, 0.15) is 0 Å². The number of nitrogens with zero attached hydrogens (tertiary/aromatic N) is 2. The molecule has 0 aliphatic carbocycles. The molecule has 100 valence electrons. The third-order valence-electron chi connectivity index (χ3n) is 2.76. The zero-order valence-electron chi connectivity index (χ0n) is 11.1. The monoisotopic (exact) mass is 259 g/mol. The molecule has 0 aliphatic heterocycles. The summed E-state index contributed by atoms with van der Waals surface area (Å²) in [5.41, 5.74) is 2.12. The number of nitrogens with one attached hydrogen (secondary N) is 1. The highest BCUT2D eigenvalue weighted by atomic mass is 16.5. The predicted octanol–water partition coefficient (Wildman–Crippen LogP) is 2.11. The van der Waals surface area contributed by atoms with Crippen molar-refractivity contribution in [2.75, 3.05) is 6.54 Å². The lowest BCUT2D eigenvalue weighted by atomic mass is 10.1. The van der Waals surface area contributed by atoms with Crippen molar-refractivity contribution in [1.29, 1.82) is 0 Å². The van der Waals surface area contributed by atoms with Crippen LogP contribution >= 0.6 is 0 Å². The normalized spacial score (nSPS) is 10.4. The molecule has 1 amide bonds. The largest absolute Gasteiger partial charge is 0.356 e. The van der Waals surface area contributed by atoms with Crippen molar-refractivity contribution in [3.63, 3.8) is 0 Å². The van der Waals surface area contributed by atoms with Crippen molar-refractivity contribution in [2.45, 2.75) is 26.7 Å². The SMILES string of the molecule is CCC(=O)NCCc1nc(-c2ccc(C)cc2)no1. The number of benzene rings is 1. The molecule has 1 aromatic heterocycles. The molecular formula is C14H17N3O2. The Hall–Kier alpha value is -2.17. The van der Waals surface area contributed by atoms with E-state index in [2.05, 4.69) is 15.5 Å². The molecule has 0 radical (unpaired) electrons. The van der Waals surface area contributed by atoms with E-state index in [1.807, 2.05) is 38.1 Å². The van der Waals surface area contributed by atoms with E-state index in [0.29, 0.717) is 31.1 Å². The summed E-state index contributed by atoms with van der Waals surface area (Å²) in [6.45, 7) is 4.36. The number of aryl methyl sites for hydroxylation is 1. The fraction of sp³-hybridized carbons (Fsp3) is 0.357. The van der Waals surface area contributed by atoms with E-state index in [-0.39, 0.29) is 5.91 Å². The average Bonchev–Trinajstić information content (AvgIpc) is 2.88. The number of carbonyl (C=O) groups is 1.